The second kappa shape index (κ2) is 5.24. The Hall–Kier alpha value is -1.72. The number of hydrogen-bond acceptors (Lipinski definition) is 8. The van der Waals surface area contributed by atoms with Crippen LogP contribution in [0.25, 0.3) is 0 Å². The molecule has 1 aromatic rings. The average Bonchev–Trinajstić information content (AvgIpc) is 2.95. The highest BCUT2D eigenvalue weighted by Gasteiger charge is 2.44. The summed E-state index contributed by atoms with van der Waals surface area (Å²) < 4.78 is 6.74. The number of carbonyl (C=O) groups excluding carboxylic acids is 1. The molecule has 0 bridgehead atoms. The number of β-amino-alcohol motifs (C(OH)–C–C–N with tert-alkyl or cyclic N) is 1. The molecule has 2 aliphatic heterocycles. The molecule has 1 amide bonds. The topological polar surface area (TPSA) is 149 Å². The Balaban J connectivity index is 1.93. The van der Waals surface area contributed by atoms with E-state index in [0.29, 0.717) is 0 Å². The number of amides is 1. The van der Waals surface area contributed by atoms with Crippen LogP contribution in [0, 0.1) is 0 Å². The van der Waals surface area contributed by atoms with Gasteiger partial charge in [0, 0.05) is 0 Å². The molecule has 0 aromatic carbocycles. The van der Waals surface area contributed by atoms with Crippen LogP contribution in [0.1, 0.15) is 16.7 Å². The van der Waals surface area contributed by atoms with Crippen molar-refractivity contribution in [2.45, 2.75) is 30.8 Å². The number of ether oxygens (including phenoxy) is 1. The van der Waals surface area contributed by atoms with Gasteiger partial charge in [-0.15, -0.1) is 0 Å². The van der Waals surface area contributed by atoms with Gasteiger partial charge < -0.3 is 35.8 Å². The van der Waals surface area contributed by atoms with Crippen molar-refractivity contribution in [3.63, 3.8) is 0 Å². The summed E-state index contributed by atoms with van der Waals surface area (Å²) in [5.74, 6) is -0.299. The van der Waals surface area contributed by atoms with E-state index in [1.807, 2.05) is 0 Å². The van der Waals surface area contributed by atoms with Crippen molar-refractivity contribution in [2.75, 3.05) is 18.5 Å². The van der Waals surface area contributed by atoms with E-state index in [1.54, 1.807) is 0 Å². The molecule has 0 saturated carbocycles. The first-order valence-corrected chi connectivity index (χ1v) is 6.45. The number of fused-ring (bicyclic) bond motifs is 1. The minimum absolute atomic E-state index is 0.0456. The van der Waals surface area contributed by atoms with E-state index in [1.165, 1.54) is 10.9 Å². The van der Waals surface area contributed by atoms with E-state index in [-0.39, 0.29) is 18.1 Å². The molecule has 6 N–H and O–H groups in total. The van der Waals surface area contributed by atoms with Gasteiger partial charge in [-0.05, 0) is 0 Å². The van der Waals surface area contributed by atoms with E-state index in [9.17, 15) is 20.1 Å². The molecule has 2 aliphatic rings. The number of nitrogens with one attached hydrogen (secondary N) is 2. The number of rotatable bonds is 2. The van der Waals surface area contributed by atoms with Crippen molar-refractivity contribution < 1.29 is 30.0 Å². The molecule has 5 atom stereocenters. The van der Waals surface area contributed by atoms with E-state index in [4.69, 9.17) is 9.84 Å². The second-order valence-electron chi connectivity index (χ2n) is 4.95. The van der Waals surface area contributed by atoms with Crippen molar-refractivity contribution in [3.05, 3.63) is 12.0 Å². The highest BCUT2D eigenvalue weighted by Crippen LogP contribution is 2.33. The first-order chi connectivity index (χ1) is 10.0. The zero-order valence-corrected chi connectivity index (χ0v) is 10.9. The monoisotopic (exact) mass is 300 g/mol. The standard InChI is InChI=1S/C11H16N4O6/c16-2-4-7(18)8(19)11(21-4)15-3-13-6-9(15)12-1-5(17)14-10(6)20/h3-5,7-8,11-12,16-19H,1-2H2,(H,14,20)/t4-,5?,7-,8-,11-/m1/s1. The maximum absolute atomic E-state index is 11.8. The SMILES string of the molecule is O=C1NC(O)CNc2c1ncn2[C@@H]1O[C@H](CO)[C@@H](O)[C@H]1O. The van der Waals surface area contributed by atoms with Gasteiger partial charge >= 0.3 is 0 Å². The Kier molecular flexibility index (Phi) is 3.55. The minimum atomic E-state index is -1.28. The molecule has 0 spiro atoms. The van der Waals surface area contributed by atoms with Gasteiger partial charge in [-0.25, -0.2) is 4.98 Å². The molecule has 3 rings (SSSR count). The second-order valence-corrected chi connectivity index (χ2v) is 4.95. The summed E-state index contributed by atoms with van der Waals surface area (Å²) in [6, 6.07) is 0. The van der Waals surface area contributed by atoms with Gasteiger partial charge in [-0.1, -0.05) is 0 Å². The van der Waals surface area contributed by atoms with Crippen LogP contribution in [-0.4, -0.2) is 73.6 Å². The van der Waals surface area contributed by atoms with Crippen molar-refractivity contribution in [1.29, 1.82) is 0 Å². The number of carbonyl (C=O) groups is 1. The lowest BCUT2D eigenvalue weighted by Crippen LogP contribution is -2.37. The van der Waals surface area contributed by atoms with Crippen molar-refractivity contribution in [3.8, 4) is 0 Å². The van der Waals surface area contributed by atoms with Crippen LogP contribution in [-0.2, 0) is 4.74 Å². The highest BCUT2D eigenvalue weighted by molar-refractivity contribution is 5.97. The maximum atomic E-state index is 11.8. The average molecular weight is 300 g/mol. The summed E-state index contributed by atoms with van der Waals surface area (Å²) in [4.78, 5) is 15.8. The quantitative estimate of drug-likeness (QED) is 0.338. The Labute approximate surface area is 119 Å². The van der Waals surface area contributed by atoms with Crippen LogP contribution in [0.3, 0.4) is 0 Å². The van der Waals surface area contributed by atoms with Gasteiger partial charge in [0.2, 0.25) is 0 Å². The third-order valence-corrected chi connectivity index (χ3v) is 3.56. The van der Waals surface area contributed by atoms with Gasteiger partial charge in [0.05, 0.1) is 19.5 Å². The van der Waals surface area contributed by atoms with Gasteiger partial charge in [0.15, 0.2) is 11.9 Å². The van der Waals surface area contributed by atoms with Crippen LogP contribution >= 0.6 is 0 Å². The summed E-state index contributed by atoms with van der Waals surface area (Å²) in [5.41, 5.74) is 0.0456. The third kappa shape index (κ3) is 2.26. The number of nitrogens with zero attached hydrogens (tertiary/aromatic N) is 2. The zero-order valence-electron chi connectivity index (χ0n) is 10.9. The van der Waals surface area contributed by atoms with Crippen LogP contribution < -0.4 is 10.6 Å². The van der Waals surface area contributed by atoms with Gasteiger partial charge in [-0.3, -0.25) is 9.36 Å². The van der Waals surface area contributed by atoms with Crippen molar-refractivity contribution >= 4 is 11.7 Å². The number of aromatic nitrogens is 2. The van der Waals surface area contributed by atoms with Crippen molar-refractivity contribution in [2.24, 2.45) is 0 Å². The molecular weight excluding hydrogens is 284 g/mol. The van der Waals surface area contributed by atoms with Gasteiger partial charge in [0.25, 0.3) is 5.91 Å². The largest absolute Gasteiger partial charge is 0.394 e. The fraction of sp³-hybridized carbons (Fsp3) is 0.636. The number of aliphatic hydroxyl groups is 4. The Morgan fingerprint density at radius 1 is 1.38 bits per heavy atom. The third-order valence-electron chi connectivity index (χ3n) is 3.56. The molecule has 116 valence electrons. The molecule has 1 fully saturated rings. The Morgan fingerprint density at radius 2 is 2.14 bits per heavy atom. The first kappa shape index (κ1) is 14.2. The zero-order chi connectivity index (χ0) is 15.1. The molecule has 1 unspecified atom stereocenters. The lowest BCUT2D eigenvalue weighted by molar-refractivity contribution is -0.0519. The molecule has 0 aliphatic carbocycles. The number of anilines is 1. The molecule has 1 saturated heterocycles. The number of hydrogen-bond donors (Lipinski definition) is 6. The number of imidazole rings is 1. The van der Waals surface area contributed by atoms with Crippen LogP contribution in [0.15, 0.2) is 6.33 Å². The lowest BCUT2D eigenvalue weighted by atomic mass is 10.1. The van der Waals surface area contributed by atoms with Gasteiger partial charge in [-0.2, -0.15) is 0 Å². The van der Waals surface area contributed by atoms with E-state index >= 15 is 0 Å². The molecular formula is C11H16N4O6. The van der Waals surface area contributed by atoms with Crippen LogP contribution in [0.4, 0.5) is 5.82 Å². The van der Waals surface area contributed by atoms with Crippen LogP contribution in [0.2, 0.25) is 0 Å². The molecule has 3 heterocycles. The molecule has 10 nitrogen and oxygen atoms in total. The summed E-state index contributed by atoms with van der Waals surface area (Å²) in [6.45, 7) is -0.391. The van der Waals surface area contributed by atoms with E-state index < -0.39 is 43.3 Å². The molecule has 0 radical (unpaired) electrons. The normalized spacial score (nSPS) is 35.8. The minimum Gasteiger partial charge on any atom is -0.394 e. The summed E-state index contributed by atoms with van der Waals surface area (Å²) >= 11 is 0. The molecule has 21 heavy (non-hydrogen) atoms. The fourth-order valence-electron chi connectivity index (χ4n) is 2.47. The molecule has 10 heteroatoms. The summed E-state index contributed by atoms with van der Waals surface area (Å²) in [5, 5.41) is 43.5. The molecule has 1 aromatic heterocycles. The van der Waals surface area contributed by atoms with Crippen molar-refractivity contribution in [1.82, 2.24) is 14.9 Å². The van der Waals surface area contributed by atoms with E-state index in [2.05, 4.69) is 15.6 Å². The van der Waals surface area contributed by atoms with E-state index in [0.717, 1.165) is 0 Å². The maximum Gasteiger partial charge on any atom is 0.275 e. The summed E-state index contributed by atoms with van der Waals surface area (Å²) in [7, 11) is 0. The first-order valence-electron chi connectivity index (χ1n) is 6.45. The predicted octanol–water partition coefficient (Wildman–Crippen LogP) is -3.03. The Morgan fingerprint density at radius 3 is 2.81 bits per heavy atom. The van der Waals surface area contributed by atoms with Crippen LogP contribution in [0.5, 0.6) is 0 Å². The predicted molar refractivity (Wildman–Crippen MR) is 67.2 cm³/mol. The Bertz CT molecular complexity index is 549. The smallest absolute Gasteiger partial charge is 0.275 e. The lowest BCUT2D eigenvalue weighted by Gasteiger charge is -2.19. The fourth-order valence-corrected chi connectivity index (χ4v) is 2.47. The highest BCUT2D eigenvalue weighted by atomic mass is 16.6. The number of aliphatic hydroxyl groups excluding tert-OH is 4. The van der Waals surface area contributed by atoms with Gasteiger partial charge in [0.1, 0.15) is 30.4 Å². The summed E-state index contributed by atoms with van der Waals surface area (Å²) in [6.07, 6.45) is -4.22.